The van der Waals surface area contributed by atoms with Gasteiger partial charge in [0.2, 0.25) is 11.7 Å². The van der Waals surface area contributed by atoms with Crippen molar-refractivity contribution in [3.63, 3.8) is 0 Å². The molecular weight excluding hydrogens is 364 g/mol. The van der Waals surface area contributed by atoms with Gasteiger partial charge in [-0.25, -0.2) is 9.78 Å². The smallest absolute Gasteiger partial charge is 0.317 e. The van der Waals surface area contributed by atoms with Gasteiger partial charge in [0.15, 0.2) is 0 Å². The van der Waals surface area contributed by atoms with E-state index in [-0.39, 0.29) is 6.03 Å². The van der Waals surface area contributed by atoms with Gasteiger partial charge >= 0.3 is 6.03 Å². The summed E-state index contributed by atoms with van der Waals surface area (Å²) < 4.78 is 5.00. The number of nitrogens with zero attached hydrogens (tertiary/aromatic N) is 5. The number of aryl methyl sites for hydroxylation is 1. The molecule has 4 heterocycles. The van der Waals surface area contributed by atoms with E-state index in [1.54, 1.807) is 24.5 Å². The number of anilines is 1. The van der Waals surface area contributed by atoms with Crippen molar-refractivity contribution >= 4 is 23.2 Å². The molecule has 1 fully saturated rings. The Morgan fingerprint density at radius 3 is 2.74 bits per heavy atom. The van der Waals surface area contributed by atoms with Gasteiger partial charge in [0.25, 0.3) is 0 Å². The van der Waals surface area contributed by atoms with Gasteiger partial charge in [0, 0.05) is 49.7 Å². The Kier molecular flexibility index (Phi) is 5.01. The Hall–Kier alpha value is -2.94. The number of amides is 2. The standard InChI is InChI=1S/C18H20N6O2S/c1-13-21-17(22-26-13)14-4-5-16(19-11-14)23-6-8-24(9-7-23)18(25)20-12-15-3-2-10-27-15/h2-5,10-11H,6-9,12H2,1H3,(H,20,25). The molecule has 1 aliphatic heterocycles. The molecule has 0 radical (unpaired) electrons. The number of urea groups is 1. The second-order valence-electron chi connectivity index (χ2n) is 6.25. The van der Waals surface area contributed by atoms with E-state index in [4.69, 9.17) is 4.52 Å². The van der Waals surface area contributed by atoms with Crippen molar-refractivity contribution in [1.29, 1.82) is 0 Å². The molecule has 0 spiro atoms. The molecule has 1 N–H and O–H groups in total. The molecule has 0 aromatic carbocycles. The molecule has 3 aromatic rings. The summed E-state index contributed by atoms with van der Waals surface area (Å²) in [4.78, 5) is 26.2. The first-order valence-corrected chi connectivity index (χ1v) is 9.64. The lowest BCUT2D eigenvalue weighted by Gasteiger charge is -2.35. The summed E-state index contributed by atoms with van der Waals surface area (Å²) in [5, 5.41) is 8.89. The first-order valence-electron chi connectivity index (χ1n) is 8.76. The third-order valence-electron chi connectivity index (χ3n) is 4.42. The normalized spacial score (nSPS) is 14.4. The fourth-order valence-corrected chi connectivity index (χ4v) is 3.59. The van der Waals surface area contributed by atoms with Crippen LogP contribution in [0.25, 0.3) is 11.4 Å². The lowest BCUT2D eigenvalue weighted by atomic mass is 10.2. The van der Waals surface area contributed by atoms with Crippen molar-refractivity contribution in [1.82, 2.24) is 25.3 Å². The predicted molar refractivity (Wildman–Crippen MR) is 103 cm³/mol. The van der Waals surface area contributed by atoms with E-state index in [2.05, 4.69) is 25.3 Å². The Morgan fingerprint density at radius 2 is 2.11 bits per heavy atom. The van der Waals surface area contributed by atoms with Crippen LogP contribution in [0.5, 0.6) is 0 Å². The number of hydrogen-bond acceptors (Lipinski definition) is 7. The quantitative estimate of drug-likeness (QED) is 0.744. The largest absolute Gasteiger partial charge is 0.353 e. The number of hydrogen-bond donors (Lipinski definition) is 1. The monoisotopic (exact) mass is 384 g/mol. The van der Waals surface area contributed by atoms with Gasteiger partial charge in [-0.2, -0.15) is 4.98 Å². The zero-order valence-corrected chi connectivity index (χ0v) is 15.8. The van der Waals surface area contributed by atoms with Crippen LogP contribution >= 0.6 is 11.3 Å². The molecule has 0 bridgehead atoms. The number of carbonyl (C=O) groups excluding carboxylic acids is 1. The van der Waals surface area contributed by atoms with E-state index >= 15 is 0 Å². The third kappa shape index (κ3) is 4.08. The fraction of sp³-hybridized carbons (Fsp3) is 0.333. The van der Waals surface area contributed by atoms with Crippen LogP contribution < -0.4 is 10.2 Å². The van der Waals surface area contributed by atoms with E-state index in [9.17, 15) is 4.79 Å². The van der Waals surface area contributed by atoms with Crippen molar-refractivity contribution < 1.29 is 9.32 Å². The average molecular weight is 384 g/mol. The minimum Gasteiger partial charge on any atom is -0.353 e. The van der Waals surface area contributed by atoms with Gasteiger partial charge in [-0.15, -0.1) is 11.3 Å². The summed E-state index contributed by atoms with van der Waals surface area (Å²) in [6, 6.07) is 7.89. The van der Waals surface area contributed by atoms with Crippen LogP contribution in [0.1, 0.15) is 10.8 Å². The van der Waals surface area contributed by atoms with E-state index in [0.717, 1.165) is 29.3 Å². The molecule has 2 amide bonds. The summed E-state index contributed by atoms with van der Waals surface area (Å²) in [5.41, 5.74) is 0.821. The molecule has 9 heteroatoms. The van der Waals surface area contributed by atoms with Gasteiger partial charge in [0.1, 0.15) is 5.82 Å². The van der Waals surface area contributed by atoms with Crippen LogP contribution in [0, 0.1) is 6.92 Å². The molecule has 0 unspecified atom stereocenters. The first kappa shape index (κ1) is 17.5. The number of pyridine rings is 1. The van der Waals surface area contributed by atoms with E-state index in [0.29, 0.717) is 31.3 Å². The van der Waals surface area contributed by atoms with Crippen LogP contribution in [0.2, 0.25) is 0 Å². The number of aromatic nitrogens is 3. The minimum atomic E-state index is -0.0150. The summed E-state index contributed by atoms with van der Waals surface area (Å²) in [5.74, 6) is 1.96. The summed E-state index contributed by atoms with van der Waals surface area (Å²) >= 11 is 1.65. The Balaban J connectivity index is 1.30. The van der Waals surface area contributed by atoms with Gasteiger partial charge in [-0.05, 0) is 23.6 Å². The number of nitrogens with one attached hydrogen (secondary N) is 1. The van der Waals surface area contributed by atoms with Crippen LogP contribution in [-0.4, -0.2) is 52.2 Å². The number of rotatable bonds is 4. The zero-order valence-electron chi connectivity index (χ0n) is 15.0. The van der Waals surface area contributed by atoms with E-state index < -0.39 is 0 Å². The number of carbonyl (C=O) groups is 1. The SMILES string of the molecule is Cc1nc(-c2ccc(N3CCN(C(=O)NCc4cccs4)CC3)nc2)no1. The molecule has 0 saturated carbocycles. The average Bonchev–Trinajstić information content (AvgIpc) is 3.38. The topological polar surface area (TPSA) is 87.4 Å². The third-order valence-corrected chi connectivity index (χ3v) is 5.29. The summed E-state index contributed by atoms with van der Waals surface area (Å²) in [7, 11) is 0. The highest BCUT2D eigenvalue weighted by molar-refractivity contribution is 7.09. The van der Waals surface area contributed by atoms with E-state index in [1.807, 2.05) is 34.5 Å². The molecule has 1 aliphatic rings. The Labute approximate surface area is 160 Å². The van der Waals surface area contributed by atoms with Gasteiger partial charge in [0.05, 0.1) is 6.54 Å². The zero-order chi connectivity index (χ0) is 18.6. The molecular formula is C18H20N6O2S. The lowest BCUT2D eigenvalue weighted by Crippen LogP contribution is -2.51. The van der Waals surface area contributed by atoms with Crippen LogP contribution in [0.3, 0.4) is 0 Å². The second kappa shape index (κ2) is 7.75. The second-order valence-corrected chi connectivity index (χ2v) is 7.29. The highest BCUT2D eigenvalue weighted by Crippen LogP contribution is 2.19. The molecule has 27 heavy (non-hydrogen) atoms. The molecule has 3 aromatic heterocycles. The summed E-state index contributed by atoms with van der Waals surface area (Å²) in [6.07, 6.45) is 1.75. The molecule has 0 aliphatic carbocycles. The maximum Gasteiger partial charge on any atom is 0.317 e. The van der Waals surface area contributed by atoms with Crippen LogP contribution in [0.15, 0.2) is 40.4 Å². The Morgan fingerprint density at radius 1 is 1.26 bits per heavy atom. The molecule has 140 valence electrons. The van der Waals surface area contributed by atoms with Gasteiger partial charge in [-0.1, -0.05) is 11.2 Å². The van der Waals surface area contributed by atoms with Crippen molar-refractivity contribution in [3.05, 3.63) is 46.6 Å². The lowest BCUT2D eigenvalue weighted by molar-refractivity contribution is 0.194. The molecule has 8 nitrogen and oxygen atoms in total. The van der Waals surface area contributed by atoms with Crippen molar-refractivity contribution in [2.24, 2.45) is 0 Å². The van der Waals surface area contributed by atoms with Crippen molar-refractivity contribution in [3.8, 4) is 11.4 Å². The minimum absolute atomic E-state index is 0.0150. The van der Waals surface area contributed by atoms with Crippen LogP contribution in [0.4, 0.5) is 10.6 Å². The molecule has 0 atom stereocenters. The van der Waals surface area contributed by atoms with Crippen LogP contribution in [-0.2, 0) is 6.54 Å². The maximum absolute atomic E-state index is 12.3. The molecule has 1 saturated heterocycles. The van der Waals surface area contributed by atoms with Gasteiger partial charge < -0.3 is 19.6 Å². The highest BCUT2D eigenvalue weighted by atomic mass is 32.1. The fourth-order valence-electron chi connectivity index (χ4n) is 2.95. The van der Waals surface area contributed by atoms with Crippen molar-refractivity contribution in [2.75, 3.05) is 31.1 Å². The summed E-state index contributed by atoms with van der Waals surface area (Å²) in [6.45, 7) is 5.18. The molecule has 4 rings (SSSR count). The van der Waals surface area contributed by atoms with Crippen molar-refractivity contribution in [2.45, 2.75) is 13.5 Å². The van der Waals surface area contributed by atoms with Gasteiger partial charge in [-0.3, -0.25) is 0 Å². The predicted octanol–water partition coefficient (Wildman–Crippen LogP) is 2.53. The van der Waals surface area contributed by atoms with E-state index in [1.165, 1.54) is 0 Å². The number of thiophene rings is 1. The maximum atomic E-state index is 12.3. The highest BCUT2D eigenvalue weighted by Gasteiger charge is 2.22. The first-order chi connectivity index (χ1) is 13.2. The Bertz CT molecular complexity index is 885. The number of piperazine rings is 1.